The van der Waals surface area contributed by atoms with Crippen LogP contribution in [0.2, 0.25) is 0 Å². The monoisotopic (exact) mass is 398 g/mol. The molecule has 0 aliphatic carbocycles. The second-order valence-corrected chi connectivity index (χ2v) is 7.04. The minimum atomic E-state index is 0.156. The smallest absolute Gasteiger partial charge is 0.223 e. The first kappa shape index (κ1) is 15.3. The van der Waals surface area contributed by atoms with E-state index in [-0.39, 0.29) is 5.95 Å². The molecule has 22 heavy (non-hydrogen) atoms. The lowest BCUT2D eigenvalue weighted by atomic mass is 10.5. The van der Waals surface area contributed by atoms with Crippen molar-refractivity contribution in [1.82, 2.24) is 29.9 Å². The Morgan fingerprint density at radius 3 is 2.77 bits per heavy atom. The molecule has 0 spiro atoms. The van der Waals surface area contributed by atoms with Gasteiger partial charge in [0.05, 0.1) is 10.8 Å². The Kier molecular flexibility index (Phi) is 4.36. The highest BCUT2D eigenvalue weighted by molar-refractivity contribution is 9.10. The maximum atomic E-state index is 5.93. The van der Waals surface area contributed by atoms with Crippen molar-refractivity contribution < 1.29 is 0 Å². The van der Waals surface area contributed by atoms with E-state index in [2.05, 4.69) is 45.8 Å². The van der Waals surface area contributed by atoms with Crippen LogP contribution in [0.25, 0.3) is 11.2 Å². The molecule has 3 aromatic rings. The molecule has 3 heterocycles. The number of nitrogens with two attached hydrogens (primary N) is 2. The number of aromatic nitrogens is 6. The maximum Gasteiger partial charge on any atom is 0.223 e. The standard InChI is InChI=1S/C11H11BrN8S2/c1-2-21-11-17-6(13)4(12)8(20-11)22-9-5-7(16-3-15-5)18-10(14)19-9/h3H,2H2,1H3,(H2,13,17,20)(H3,14,15,16,18,19). The van der Waals surface area contributed by atoms with Crippen molar-refractivity contribution in [3.05, 3.63) is 10.8 Å². The Hall–Kier alpha value is -1.59. The third-order valence-electron chi connectivity index (χ3n) is 2.56. The van der Waals surface area contributed by atoms with Crippen molar-refractivity contribution in [3.63, 3.8) is 0 Å². The summed E-state index contributed by atoms with van der Waals surface area (Å²) in [5, 5.41) is 1.91. The van der Waals surface area contributed by atoms with Crippen molar-refractivity contribution >= 4 is 62.4 Å². The van der Waals surface area contributed by atoms with E-state index in [1.54, 1.807) is 6.33 Å². The van der Waals surface area contributed by atoms with Crippen molar-refractivity contribution in [2.24, 2.45) is 0 Å². The highest BCUT2D eigenvalue weighted by Crippen LogP contribution is 2.37. The number of hydrogen-bond donors (Lipinski definition) is 3. The molecule has 3 rings (SSSR count). The fourth-order valence-corrected chi connectivity index (χ4v) is 3.63. The number of aromatic amines is 1. The summed E-state index contributed by atoms with van der Waals surface area (Å²) in [5.41, 5.74) is 12.9. The Morgan fingerprint density at radius 1 is 1.18 bits per heavy atom. The highest BCUT2D eigenvalue weighted by Gasteiger charge is 2.16. The van der Waals surface area contributed by atoms with Gasteiger partial charge in [-0.05, 0) is 33.4 Å². The van der Waals surface area contributed by atoms with E-state index in [1.807, 2.05) is 6.92 Å². The van der Waals surface area contributed by atoms with Gasteiger partial charge in [-0.2, -0.15) is 4.98 Å². The number of hydrogen-bond acceptors (Lipinski definition) is 9. The zero-order chi connectivity index (χ0) is 15.7. The van der Waals surface area contributed by atoms with Crippen LogP contribution in [-0.4, -0.2) is 35.7 Å². The Bertz CT molecular complexity index is 836. The first-order valence-electron chi connectivity index (χ1n) is 6.18. The molecule has 8 nitrogen and oxygen atoms in total. The Morgan fingerprint density at radius 2 is 2.00 bits per heavy atom. The summed E-state index contributed by atoms with van der Waals surface area (Å²) in [5.74, 6) is 1.40. The average Bonchev–Trinajstić information content (AvgIpc) is 2.92. The van der Waals surface area contributed by atoms with Crippen molar-refractivity contribution in [3.8, 4) is 0 Å². The quantitative estimate of drug-likeness (QED) is 0.343. The first-order valence-corrected chi connectivity index (χ1v) is 8.78. The molecule has 11 heteroatoms. The summed E-state index contributed by atoms with van der Waals surface area (Å²) in [4.78, 5) is 24.1. The molecule has 0 bridgehead atoms. The van der Waals surface area contributed by atoms with Crippen LogP contribution in [0.4, 0.5) is 11.8 Å². The summed E-state index contributed by atoms with van der Waals surface area (Å²) in [6.45, 7) is 2.03. The minimum Gasteiger partial charge on any atom is -0.383 e. The van der Waals surface area contributed by atoms with Gasteiger partial charge in [-0.15, -0.1) is 0 Å². The minimum absolute atomic E-state index is 0.156. The number of rotatable bonds is 4. The van der Waals surface area contributed by atoms with E-state index < -0.39 is 0 Å². The second kappa shape index (κ2) is 6.26. The molecule has 114 valence electrons. The van der Waals surface area contributed by atoms with Gasteiger partial charge in [-0.1, -0.05) is 18.7 Å². The lowest BCUT2D eigenvalue weighted by molar-refractivity contribution is 0.886. The second-order valence-electron chi connectivity index (χ2n) is 4.03. The van der Waals surface area contributed by atoms with Gasteiger partial charge >= 0.3 is 0 Å². The fourth-order valence-electron chi connectivity index (χ4n) is 1.67. The lowest BCUT2D eigenvalue weighted by Crippen LogP contribution is -2.00. The molecule has 0 atom stereocenters. The topological polar surface area (TPSA) is 132 Å². The van der Waals surface area contributed by atoms with E-state index in [1.165, 1.54) is 23.5 Å². The summed E-state index contributed by atoms with van der Waals surface area (Å²) < 4.78 is 0.628. The highest BCUT2D eigenvalue weighted by atomic mass is 79.9. The number of nitrogen functional groups attached to an aromatic ring is 2. The number of H-pyrrole nitrogens is 1. The van der Waals surface area contributed by atoms with Crippen LogP contribution in [0.3, 0.4) is 0 Å². The van der Waals surface area contributed by atoms with E-state index >= 15 is 0 Å². The molecule has 5 N–H and O–H groups in total. The molecule has 0 amide bonds. The van der Waals surface area contributed by atoms with E-state index in [0.29, 0.717) is 36.7 Å². The largest absolute Gasteiger partial charge is 0.383 e. The van der Waals surface area contributed by atoms with Crippen LogP contribution in [-0.2, 0) is 0 Å². The van der Waals surface area contributed by atoms with Crippen LogP contribution >= 0.6 is 39.5 Å². The van der Waals surface area contributed by atoms with Gasteiger partial charge in [0.25, 0.3) is 0 Å². The molecule has 0 unspecified atom stereocenters. The van der Waals surface area contributed by atoms with Crippen LogP contribution in [0.1, 0.15) is 6.92 Å². The Labute approximate surface area is 142 Å². The summed E-state index contributed by atoms with van der Waals surface area (Å²) >= 11 is 6.26. The van der Waals surface area contributed by atoms with E-state index in [0.717, 1.165) is 5.75 Å². The SMILES string of the molecule is CCSc1nc(N)c(Br)c(Sc2nc(N)nc3nc[nH]c23)n1. The zero-order valence-corrected chi connectivity index (χ0v) is 14.6. The first-order chi connectivity index (χ1) is 10.6. The van der Waals surface area contributed by atoms with Gasteiger partial charge in [0.1, 0.15) is 21.4 Å². The molecule has 0 saturated heterocycles. The van der Waals surface area contributed by atoms with E-state index in [4.69, 9.17) is 11.5 Å². The van der Waals surface area contributed by atoms with Gasteiger partial charge in [-0.25, -0.2) is 19.9 Å². The number of nitrogens with one attached hydrogen (secondary N) is 1. The molecule has 0 fully saturated rings. The predicted octanol–water partition coefficient (Wildman–Crippen LogP) is 2.33. The molecular weight excluding hydrogens is 388 g/mol. The van der Waals surface area contributed by atoms with Crippen molar-refractivity contribution in [2.75, 3.05) is 17.2 Å². The number of thioether (sulfide) groups is 1. The third-order valence-corrected chi connectivity index (χ3v) is 5.31. The molecule has 0 radical (unpaired) electrons. The lowest BCUT2D eigenvalue weighted by Gasteiger charge is -2.08. The number of fused-ring (bicyclic) bond motifs is 1. The molecule has 0 saturated carbocycles. The van der Waals surface area contributed by atoms with E-state index in [9.17, 15) is 0 Å². The summed E-state index contributed by atoms with van der Waals surface area (Å²) in [6, 6.07) is 0. The van der Waals surface area contributed by atoms with Crippen LogP contribution in [0.5, 0.6) is 0 Å². The maximum absolute atomic E-state index is 5.93. The molecule has 0 aromatic carbocycles. The van der Waals surface area contributed by atoms with Gasteiger partial charge < -0.3 is 16.5 Å². The van der Waals surface area contributed by atoms with Crippen molar-refractivity contribution in [1.29, 1.82) is 0 Å². The summed E-state index contributed by atoms with van der Waals surface area (Å²) in [7, 11) is 0. The van der Waals surface area contributed by atoms with Gasteiger partial charge in [0, 0.05) is 0 Å². The van der Waals surface area contributed by atoms with Crippen LogP contribution in [0.15, 0.2) is 26.0 Å². The molecule has 0 aliphatic heterocycles. The number of nitrogens with zero attached hydrogens (tertiary/aromatic N) is 5. The Balaban J connectivity index is 2.06. The van der Waals surface area contributed by atoms with Crippen LogP contribution in [0, 0.1) is 0 Å². The van der Waals surface area contributed by atoms with Gasteiger partial charge in [0.15, 0.2) is 10.8 Å². The van der Waals surface area contributed by atoms with Gasteiger partial charge in [-0.3, -0.25) is 0 Å². The fraction of sp³-hybridized carbons (Fsp3) is 0.182. The summed E-state index contributed by atoms with van der Waals surface area (Å²) in [6.07, 6.45) is 1.55. The predicted molar refractivity (Wildman–Crippen MR) is 90.8 cm³/mol. The van der Waals surface area contributed by atoms with Crippen LogP contribution < -0.4 is 11.5 Å². The average molecular weight is 399 g/mol. The third kappa shape index (κ3) is 2.96. The van der Waals surface area contributed by atoms with Crippen molar-refractivity contribution in [2.45, 2.75) is 22.1 Å². The number of anilines is 2. The number of halogens is 1. The number of imidazole rings is 1. The normalized spacial score (nSPS) is 11.2. The molecule has 3 aromatic heterocycles. The molecular formula is C11H11BrN8S2. The molecule has 0 aliphatic rings. The zero-order valence-electron chi connectivity index (χ0n) is 11.4. The van der Waals surface area contributed by atoms with Gasteiger partial charge in [0.2, 0.25) is 5.95 Å².